The quantitative estimate of drug-likeness (QED) is 0.800. The van der Waals surface area contributed by atoms with Crippen LogP contribution in [-0.2, 0) is 6.42 Å². The van der Waals surface area contributed by atoms with Gasteiger partial charge in [0.1, 0.15) is 0 Å². The van der Waals surface area contributed by atoms with E-state index >= 15 is 0 Å². The largest absolute Gasteiger partial charge is 0.457 e. The molecule has 1 unspecified atom stereocenters. The predicted molar refractivity (Wildman–Crippen MR) is 79.7 cm³/mol. The van der Waals surface area contributed by atoms with Gasteiger partial charge in [0, 0.05) is 17.7 Å². The summed E-state index contributed by atoms with van der Waals surface area (Å²) in [6, 6.07) is 7.94. The first-order chi connectivity index (χ1) is 9.16. The molecule has 1 aromatic carbocycles. The van der Waals surface area contributed by atoms with E-state index in [0.717, 1.165) is 35.2 Å². The molecule has 3 rings (SSSR count). The summed E-state index contributed by atoms with van der Waals surface area (Å²) in [5, 5.41) is 2.87. The molecule has 1 N–H and O–H groups in total. The molecule has 98 valence electrons. The molecule has 3 nitrogen and oxygen atoms in total. The van der Waals surface area contributed by atoms with Gasteiger partial charge in [0.2, 0.25) is 0 Å². The molecule has 0 aliphatic carbocycles. The molecule has 1 amide bonds. The first-order valence-corrected chi connectivity index (χ1v) is 7.65. The number of hydrogen-bond donors (Lipinski definition) is 1. The molecule has 1 aromatic heterocycles. The van der Waals surface area contributed by atoms with Gasteiger partial charge in [0.25, 0.3) is 5.91 Å². The number of amides is 1. The first kappa shape index (κ1) is 12.9. The monoisotopic (exact) mass is 383 g/mol. The summed E-state index contributed by atoms with van der Waals surface area (Å²) in [6.07, 6.45) is 2.53. The van der Waals surface area contributed by atoms with Gasteiger partial charge < -0.3 is 9.73 Å². The van der Waals surface area contributed by atoms with Crippen LogP contribution in [0.3, 0.4) is 0 Å². The Balaban J connectivity index is 2.00. The van der Waals surface area contributed by atoms with Crippen molar-refractivity contribution in [1.82, 2.24) is 5.32 Å². The van der Waals surface area contributed by atoms with Gasteiger partial charge in [-0.05, 0) is 45.6 Å². The van der Waals surface area contributed by atoms with E-state index < -0.39 is 0 Å². The highest BCUT2D eigenvalue weighted by atomic mass is 79.9. The lowest BCUT2D eigenvalue weighted by atomic mass is 9.96. The minimum absolute atomic E-state index is 0.000603. The third kappa shape index (κ3) is 2.37. The highest BCUT2D eigenvalue weighted by Gasteiger charge is 2.21. The van der Waals surface area contributed by atoms with Gasteiger partial charge in [-0.15, -0.1) is 0 Å². The van der Waals surface area contributed by atoms with Crippen LogP contribution in [0.4, 0.5) is 0 Å². The molecule has 0 radical (unpaired) electrons. The minimum Gasteiger partial charge on any atom is -0.457 e. The van der Waals surface area contributed by atoms with Crippen molar-refractivity contribution in [3.63, 3.8) is 0 Å². The molecular weight excluding hydrogens is 374 g/mol. The van der Waals surface area contributed by atoms with E-state index in [2.05, 4.69) is 43.2 Å². The topological polar surface area (TPSA) is 42.2 Å². The molecule has 1 aliphatic heterocycles. The standard InChI is InChI=1S/C14H11Br2NO2/c15-12(10-4-6-19-13(10)16)9-2-1-8-3-5-17-14(18)11(8)7-9/h1-2,4,6-7,12H,3,5H2,(H,17,18). The van der Waals surface area contributed by atoms with E-state index in [1.165, 1.54) is 0 Å². The SMILES string of the molecule is O=C1NCCc2ccc(C(Br)c3ccoc3Br)cc21. The van der Waals surface area contributed by atoms with Gasteiger partial charge >= 0.3 is 0 Å². The maximum atomic E-state index is 11.9. The van der Waals surface area contributed by atoms with E-state index in [9.17, 15) is 4.79 Å². The number of fused-ring (bicyclic) bond motifs is 1. The molecule has 19 heavy (non-hydrogen) atoms. The van der Waals surface area contributed by atoms with Crippen molar-refractivity contribution >= 4 is 37.8 Å². The van der Waals surface area contributed by atoms with Crippen molar-refractivity contribution in [1.29, 1.82) is 0 Å². The number of carbonyl (C=O) groups excluding carboxylic acids is 1. The molecule has 1 aliphatic rings. The Labute approximate surface area is 127 Å². The van der Waals surface area contributed by atoms with Crippen molar-refractivity contribution in [2.45, 2.75) is 11.2 Å². The molecule has 0 saturated carbocycles. The molecule has 2 aromatic rings. The van der Waals surface area contributed by atoms with E-state index in [0.29, 0.717) is 4.67 Å². The maximum Gasteiger partial charge on any atom is 0.251 e. The van der Waals surface area contributed by atoms with Crippen LogP contribution in [0.25, 0.3) is 0 Å². The van der Waals surface area contributed by atoms with Gasteiger partial charge in [0.15, 0.2) is 4.67 Å². The van der Waals surface area contributed by atoms with Gasteiger partial charge in [-0.25, -0.2) is 0 Å². The van der Waals surface area contributed by atoms with Gasteiger partial charge in [-0.2, -0.15) is 0 Å². The fraction of sp³-hybridized carbons (Fsp3) is 0.214. The molecule has 5 heteroatoms. The third-order valence-electron chi connectivity index (χ3n) is 3.27. The smallest absolute Gasteiger partial charge is 0.251 e. The Morgan fingerprint density at radius 2 is 2.16 bits per heavy atom. The second-order valence-corrected chi connectivity index (χ2v) is 6.07. The van der Waals surface area contributed by atoms with Crippen LogP contribution >= 0.6 is 31.9 Å². The van der Waals surface area contributed by atoms with Crippen LogP contribution in [0, 0.1) is 0 Å². The summed E-state index contributed by atoms with van der Waals surface area (Å²) in [4.78, 5) is 11.9. The average Bonchev–Trinajstić information content (AvgIpc) is 2.84. The molecule has 1 atom stereocenters. The van der Waals surface area contributed by atoms with Crippen molar-refractivity contribution < 1.29 is 9.21 Å². The van der Waals surface area contributed by atoms with Crippen LogP contribution < -0.4 is 5.32 Å². The number of rotatable bonds is 2. The molecule has 0 saturated heterocycles. The van der Waals surface area contributed by atoms with Crippen LogP contribution in [0.2, 0.25) is 0 Å². The van der Waals surface area contributed by atoms with Crippen LogP contribution in [0.15, 0.2) is 39.6 Å². The highest BCUT2D eigenvalue weighted by Crippen LogP contribution is 2.36. The van der Waals surface area contributed by atoms with Crippen molar-refractivity contribution in [3.8, 4) is 0 Å². The summed E-state index contributed by atoms with van der Waals surface area (Å²) < 4.78 is 5.95. The van der Waals surface area contributed by atoms with Crippen LogP contribution in [-0.4, -0.2) is 12.5 Å². The number of alkyl halides is 1. The predicted octanol–water partition coefficient (Wildman–Crippen LogP) is 3.81. The number of furan rings is 1. The number of hydrogen-bond acceptors (Lipinski definition) is 2. The van der Waals surface area contributed by atoms with Crippen molar-refractivity contribution in [2.75, 3.05) is 6.54 Å². The Hall–Kier alpha value is -1.07. The van der Waals surface area contributed by atoms with E-state index in [1.54, 1.807) is 6.26 Å². The van der Waals surface area contributed by atoms with Crippen LogP contribution in [0.5, 0.6) is 0 Å². The van der Waals surface area contributed by atoms with E-state index in [1.807, 2.05) is 18.2 Å². The Morgan fingerprint density at radius 3 is 2.89 bits per heavy atom. The lowest BCUT2D eigenvalue weighted by Crippen LogP contribution is -2.31. The molecule has 0 fully saturated rings. The maximum absolute atomic E-state index is 11.9. The van der Waals surface area contributed by atoms with Gasteiger partial charge in [-0.1, -0.05) is 28.1 Å². The number of nitrogens with one attached hydrogen (secondary N) is 1. The Bertz CT molecular complexity index is 636. The molecular formula is C14H11Br2NO2. The van der Waals surface area contributed by atoms with E-state index in [4.69, 9.17) is 4.42 Å². The van der Waals surface area contributed by atoms with Gasteiger partial charge in [-0.3, -0.25) is 4.79 Å². The highest BCUT2D eigenvalue weighted by molar-refractivity contribution is 9.10. The lowest BCUT2D eigenvalue weighted by molar-refractivity contribution is 0.0946. The summed E-state index contributed by atoms with van der Waals surface area (Å²) in [6.45, 7) is 0.718. The summed E-state index contributed by atoms with van der Waals surface area (Å²) in [5.74, 6) is 0.00839. The number of carbonyl (C=O) groups is 1. The zero-order chi connectivity index (χ0) is 13.4. The van der Waals surface area contributed by atoms with Crippen molar-refractivity contribution in [2.24, 2.45) is 0 Å². The minimum atomic E-state index is 0.000603. The number of benzene rings is 1. The zero-order valence-electron chi connectivity index (χ0n) is 9.95. The average molecular weight is 385 g/mol. The van der Waals surface area contributed by atoms with Crippen LogP contribution in [0.1, 0.15) is 31.9 Å². The summed E-state index contributed by atoms with van der Waals surface area (Å²) in [5.41, 5.74) is 3.93. The number of halogens is 2. The lowest BCUT2D eigenvalue weighted by Gasteiger charge is -2.18. The summed E-state index contributed by atoms with van der Waals surface area (Å²) in [7, 11) is 0. The first-order valence-electron chi connectivity index (χ1n) is 5.95. The normalized spacial score (nSPS) is 15.8. The fourth-order valence-electron chi connectivity index (χ4n) is 2.25. The van der Waals surface area contributed by atoms with E-state index in [-0.39, 0.29) is 10.7 Å². The summed E-state index contributed by atoms with van der Waals surface area (Å²) >= 11 is 7.03. The second-order valence-electron chi connectivity index (χ2n) is 4.43. The molecule has 2 heterocycles. The zero-order valence-corrected chi connectivity index (χ0v) is 13.1. The molecule has 0 spiro atoms. The fourth-order valence-corrected chi connectivity index (χ4v) is 3.67. The third-order valence-corrected chi connectivity index (χ3v) is 4.94. The van der Waals surface area contributed by atoms with Gasteiger partial charge in [0.05, 0.1) is 11.1 Å². The Kier molecular flexibility index (Phi) is 3.50. The Morgan fingerprint density at radius 1 is 1.32 bits per heavy atom. The molecule has 0 bridgehead atoms. The van der Waals surface area contributed by atoms with Crippen molar-refractivity contribution in [3.05, 3.63) is 57.5 Å². The second kappa shape index (κ2) is 5.13.